The Morgan fingerprint density at radius 3 is 2.76 bits per heavy atom. The highest BCUT2D eigenvalue weighted by atomic mass is 19.1. The number of ether oxygens (including phenoxy) is 2. The van der Waals surface area contributed by atoms with Crippen molar-refractivity contribution in [2.45, 2.75) is 69.5 Å². The van der Waals surface area contributed by atoms with Gasteiger partial charge < -0.3 is 14.8 Å². The number of rotatable bonds is 7. The van der Waals surface area contributed by atoms with Crippen molar-refractivity contribution in [1.29, 1.82) is 0 Å². The summed E-state index contributed by atoms with van der Waals surface area (Å²) in [6.07, 6.45) is 8.33. The third-order valence-corrected chi connectivity index (χ3v) is 6.56. The van der Waals surface area contributed by atoms with Gasteiger partial charge in [0.2, 0.25) is 0 Å². The highest BCUT2D eigenvalue weighted by Crippen LogP contribution is 2.30. The molecular weight excluding hydrogens is 428 g/mol. The van der Waals surface area contributed by atoms with Crippen LogP contribution in [0, 0.1) is 5.82 Å². The molecule has 2 aliphatic rings. The van der Waals surface area contributed by atoms with E-state index in [-0.39, 0.29) is 30.5 Å². The fourth-order valence-corrected chi connectivity index (χ4v) is 4.71. The van der Waals surface area contributed by atoms with Crippen molar-refractivity contribution in [2.24, 2.45) is 0 Å². The van der Waals surface area contributed by atoms with Crippen LogP contribution in [-0.2, 0) is 9.47 Å². The summed E-state index contributed by atoms with van der Waals surface area (Å²) >= 11 is 0. The summed E-state index contributed by atoms with van der Waals surface area (Å²) in [5.41, 5.74) is 0.832. The van der Waals surface area contributed by atoms with Crippen LogP contribution in [0.1, 0.15) is 62.9 Å². The number of fused-ring (bicyclic) bond motifs is 1. The highest BCUT2D eigenvalue weighted by molar-refractivity contribution is 5.86. The summed E-state index contributed by atoms with van der Waals surface area (Å²) in [6.45, 7) is 0.621. The van der Waals surface area contributed by atoms with Crippen LogP contribution in [0.5, 0.6) is 0 Å². The molecule has 2 unspecified atom stereocenters. The lowest BCUT2D eigenvalue weighted by atomic mass is 9.93. The zero-order valence-electron chi connectivity index (χ0n) is 18.5. The van der Waals surface area contributed by atoms with Crippen LogP contribution >= 0.6 is 0 Å². The first kappa shape index (κ1) is 22.2. The van der Waals surface area contributed by atoms with E-state index in [2.05, 4.69) is 20.4 Å². The summed E-state index contributed by atoms with van der Waals surface area (Å²) in [7, 11) is 0. The van der Waals surface area contributed by atoms with E-state index in [1.54, 1.807) is 24.7 Å². The average Bonchev–Trinajstić information content (AvgIpc) is 3.29. The number of halogens is 2. The van der Waals surface area contributed by atoms with Crippen molar-refractivity contribution in [2.75, 3.05) is 18.5 Å². The Hall–Kier alpha value is -2.65. The van der Waals surface area contributed by atoms with Gasteiger partial charge in [0, 0.05) is 18.2 Å². The Morgan fingerprint density at radius 2 is 1.97 bits per heavy atom. The Kier molecular flexibility index (Phi) is 6.78. The van der Waals surface area contributed by atoms with E-state index < -0.39 is 12.0 Å². The van der Waals surface area contributed by atoms with Crippen molar-refractivity contribution in [3.8, 4) is 0 Å². The second-order valence-corrected chi connectivity index (χ2v) is 8.81. The second-order valence-electron chi connectivity index (χ2n) is 8.81. The van der Waals surface area contributed by atoms with Crippen LogP contribution < -0.4 is 5.32 Å². The van der Waals surface area contributed by atoms with Crippen molar-refractivity contribution in [1.82, 2.24) is 19.7 Å². The molecule has 1 saturated heterocycles. The molecular formula is C24H29F2N5O2. The van der Waals surface area contributed by atoms with Crippen molar-refractivity contribution in [3.63, 3.8) is 0 Å². The predicted molar refractivity (Wildman–Crippen MR) is 120 cm³/mol. The Labute approximate surface area is 191 Å². The van der Waals surface area contributed by atoms with E-state index in [0.717, 1.165) is 68.4 Å². The molecule has 2 atom stereocenters. The molecule has 1 saturated carbocycles. The van der Waals surface area contributed by atoms with Gasteiger partial charge in [-0.2, -0.15) is 5.10 Å². The molecule has 33 heavy (non-hydrogen) atoms. The minimum atomic E-state index is -1.46. The van der Waals surface area contributed by atoms with E-state index in [1.807, 2.05) is 4.68 Å². The fourth-order valence-electron chi connectivity index (χ4n) is 4.71. The Morgan fingerprint density at radius 1 is 1.12 bits per heavy atom. The normalized spacial score (nSPS) is 24.6. The summed E-state index contributed by atoms with van der Waals surface area (Å²) in [4.78, 5) is 8.89. The van der Waals surface area contributed by atoms with E-state index in [0.29, 0.717) is 0 Å². The van der Waals surface area contributed by atoms with Crippen LogP contribution in [0.25, 0.3) is 11.0 Å². The molecule has 2 aromatic heterocycles. The van der Waals surface area contributed by atoms with Crippen LogP contribution in [0.15, 0.2) is 36.8 Å². The number of alkyl halides is 1. The average molecular weight is 458 g/mol. The Balaban J connectivity index is 1.15. The monoisotopic (exact) mass is 457 g/mol. The maximum Gasteiger partial charge on any atom is 0.165 e. The molecule has 5 rings (SSSR count). The molecule has 0 amide bonds. The molecule has 1 aliphatic heterocycles. The second kappa shape index (κ2) is 10.1. The predicted octanol–water partition coefficient (Wildman–Crippen LogP) is 5.12. The number of nitrogens with one attached hydrogen (secondary N) is 1. The van der Waals surface area contributed by atoms with Crippen molar-refractivity contribution < 1.29 is 18.3 Å². The molecule has 1 aromatic carbocycles. The van der Waals surface area contributed by atoms with E-state index >= 15 is 0 Å². The minimum absolute atomic E-state index is 0.0234. The largest absolute Gasteiger partial charge is 0.375 e. The van der Waals surface area contributed by atoms with Crippen LogP contribution in [-0.4, -0.2) is 45.1 Å². The third kappa shape index (κ3) is 4.99. The first-order chi connectivity index (χ1) is 16.2. The SMILES string of the molecule is Fc1ccccc1C(F)COC1CCC(Nc2ncnc3c2cnn3C2CCCCO2)CC1. The van der Waals surface area contributed by atoms with Gasteiger partial charge in [-0.05, 0) is 51.0 Å². The number of aromatic nitrogens is 4. The van der Waals surface area contributed by atoms with Crippen LogP contribution in [0.4, 0.5) is 14.6 Å². The summed E-state index contributed by atoms with van der Waals surface area (Å²) in [5, 5.41) is 8.94. The standard InChI is InChI=1S/C24H29F2N5O2/c25-20-6-2-1-5-18(20)21(26)14-33-17-10-8-16(9-11-17)30-23-19-13-29-31(24(19)28-15-27-23)22-7-3-4-12-32-22/h1-2,5-6,13,15-17,21-22H,3-4,7-12,14H2,(H,27,28,30). The maximum absolute atomic E-state index is 14.4. The molecule has 3 heterocycles. The molecule has 1 N–H and O–H groups in total. The number of hydrogen-bond acceptors (Lipinski definition) is 6. The third-order valence-electron chi connectivity index (χ3n) is 6.56. The smallest absolute Gasteiger partial charge is 0.165 e. The molecule has 0 radical (unpaired) electrons. The van der Waals surface area contributed by atoms with Gasteiger partial charge in [-0.3, -0.25) is 0 Å². The van der Waals surface area contributed by atoms with Crippen LogP contribution in [0.3, 0.4) is 0 Å². The first-order valence-electron chi connectivity index (χ1n) is 11.8. The minimum Gasteiger partial charge on any atom is -0.375 e. The van der Waals surface area contributed by atoms with E-state index in [1.165, 1.54) is 12.1 Å². The summed E-state index contributed by atoms with van der Waals surface area (Å²) < 4.78 is 41.6. The van der Waals surface area contributed by atoms with Crippen molar-refractivity contribution in [3.05, 3.63) is 48.2 Å². The van der Waals surface area contributed by atoms with Gasteiger partial charge in [-0.25, -0.2) is 23.4 Å². The van der Waals surface area contributed by atoms with E-state index in [4.69, 9.17) is 9.47 Å². The molecule has 176 valence electrons. The molecule has 0 spiro atoms. The molecule has 2 fully saturated rings. The van der Waals surface area contributed by atoms with E-state index in [9.17, 15) is 8.78 Å². The van der Waals surface area contributed by atoms with Gasteiger partial charge in [0.1, 0.15) is 18.0 Å². The quantitative estimate of drug-likeness (QED) is 0.531. The molecule has 0 bridgehead atoms. The molecule has 7 nitrogen and oxygen atoms in total. The number of hydrogen-bond donors (Lipinski definition) is 1. The zero-order valence-corrected chi connectivity index (χ0v) is 18.5. The summed E-state index contributed by atoms with van der Waals surface area (Å²) in [5.74, 6) is 0.242. The van der Waals surface area contributed by atoms with Gasteiger partial charge in [0.15, 0.2) is 18.0 Å². The first-order valence-corrected chi connectivity index (χ1v) is 11.8. The highest BCUT2D eigenvalue weighted by Gasteiger charge is 2.25. The lowest BCUT2D eigenvalue weighted by Gasteiger charge is -2.30. The number of anilines is 1. The van der Waals surface area contributed by atoms with Crippen molar-refractivity contribution >= 4 is 16.9 Å². The van der Waals surface area contributed by atoms with Crippen LogP contribution in [0.2, 0.25) is 0 Å². The molecule has 3 aromatic rings. The molecule has 9 heteroatoms. The number of nitrogens with zero attached hydrogens (tertiary/aromatic N) is 4. The maximum atomic E-state index is 14.4. The molecule has 1 aliphatic carbocycles. The summed E-state index contributed by atoms with van der Waals surface area (Å²) in [6, 6.07) is 6.17. The lowest BCUT2D eigenvalue weighted by molar-refractivity contribution is -0.0370. The number of benzene rings is 1. The Bertz CT molecular complexity index is 1060. The van der Waals surface area contributed by atoms with Gasteiger partial charge in [-0.1, -0.05) is 18.2 Å². The lowest BCUT2D eigenvalue weighted by Crippen LogP contribution is -2.30. The van der Waals surface area contributed by atoms with Gasteiger partial charge in [0.25, 0.3) is 0 Å². The fraction of sp³-hybridized carbons (Fsp3) is 0.542. The van der Waals surface area contributed by atoms with Gasteiger partial charge in [0.05, 0.1) is 24.3 Å². The van der Waals surface area contributed by atoms with Gasteiger partial charge >= 0.3 is 0 Å². The van der Waals surface area contributed by atoms with Gasteiger partial charge in [-0.15, -0.1) is 0 Å². The zero-order chi connectivity index (χ0) is 22.6. The topological polar surface area (TPSA) is 74.1 Å².